The van der Waals surface area contributed by atoms with Gasteiger partial charge in [-0.15, -0.1) is 0 Å². The van der Waals surface area contributed by atoms with Crippen LogP contribution < -0.4 is 16.4 Å². The van der Waals surface area contributed by atoms with Crippen LogP contribution in [0.2, 0.25) is 0 Å². The third kappa shape index (κ3) is 2.71. The topological polar surface area (TPSA) is 98.1 Å². The molecule has 0 bridgehead atoms. The summed E-state index contributed by atoms with van der Waals surface area (Å²) in [6, 6.07) is 0. The number of hydrogen-bond acceptors (Lipinski definition) is 5. The van der Waals surface area contributed by atoms with Gasteiger partial charge in [-0.1, -0.05) is 0 Å². The van der Waals surface area contributed by atoms with Crippen molar-refractivity contribution in [3.63, 3.8) is 0 Å². The van der Waals surface area contributed by atoms with Gasteiger partial charge >= 0.3 is 0 Å². The number of primary amides is 1. The van der Waals surface area contributed by atoms with Gasteiger partial charge in [0.05, 0.1) is 18.1 Å². The van der Waals surface area contributed by atoms with Crippen LogP contribution in [0.4, 0.5) is 5.82 Å². The second kappa shape index (κ2) is 5.09. The molecule has 1 aromatic rings. The number of carbonyl (C=O) groups excluding carboxylic acids is 1. The molecule has 2 rings (SSSR count). The van der Waals surface area contributed by atoms with Gasteiger partial charge in [0.25, 0.3) is 0 Å². The Morgan fingerprint density at radius 2 is 2.06 bits per heavy atom. The quantitative estimate of drug-likeness (QED) is 0.745. The number of amides is 1. The maximum atomic E-state index is 11.0. The van der Waals surface area contributed by atoms with Crippen LogP contribution >= 0.6 is 0 Å². The molecule has 0 unspecified atom stereocenters. The average molecular weight is 235 g/mol. The minimum atomic E-state index is -0.200. The molecule has 1 aliphatic rings. The molecule has 0 spiro atoms. The molecular weight excluding hydrogens is 218 g/mol. The van der Waals surface area contributed by atoms with Crippen LogP contribution in [-0.4, -0.2) is 29.0 Å². The summed E-state index contributed by atoms with van der Waals surface area (Å²) < 4.78 is 0. The van der Waals surface area contributed by atoms with Crippen LogP contribution in [0.1, 0.15) is 18.5 Å². The molecule has 1 amide bonds. The van der Waals surface area contributed by atoms with Crippen LogP contribution in [0.15, 0.2) is 12.4 Å². The third-order valence-corrected chi connectivity index (χ3v) is 3.12. The van der Waals surface area contributed by atoms with Gasteiger partial charge in [-0.3, -0.25) is 9.78 Å². The fourth-order valence-electron chi connectivity index (χ4n) is 2.01. The molecule has 6 heteroatoms. The van der Waals surface area contributed by atoms with Crippen molar-refractivity contribution in [3.8, 4) is 0 Å². The summed E-state index contributed by atoms with van der Waals surface area (Å²) in [5, 5.41) is 0. The Kier molecular flexibility index (Phi) is 3.53. The largest absolute Gasteiger partial charge is 0.369 e. The Morgan fingerprint density at radius 3 is 2.53 bits per heavy atom. The summed E-state index contributed by atoms with van der Waals surface area (Å²) >= 11 is 0. The van der Waals surface area contributed by atoms with Crippen molar-refractivity contribution in [1.82, 2.24) is 9.97 Å². The summed E-state index contributed by atoms with van der Waals surface area (Å²) in [6.45, 7) is 1.99. The molecule has 0 atom stereocenters. The van der Waals surface area contributed by atoms with E-state index in [9.17, 15) is 4.79 Å². The van der Waals surface area contributed by atoms with Crippen molar-refractivity contribution < 1.29 is 4.79 Å². The lowest BCUT2D eigenvalue weighted by Gasteiger charge is -2.31. The number of carbonyl (C=O) groups is 1. The van der Waals surface area contributed by atoms with Crippen LogP contribution in [0.5, 0.6) is 0 Å². The Hall–Kier alpha value is -1.69. The zero-order valence-electron chi connectivity index (χ0n) is 9.67. The van der Waals surface area contributed by atoms with Gasteiger partial charge < -0.3 is 16.4 Å². The molecule has 0 aliphatic carbocycles. The van der Waals surface area contributed by atoms with E-state index in [-0.39, 0.29) is 11.8 Å². The number of piperidine rings is 1. The molecule has 1 aromatic heterocycles. The van der Waals surface area contributed by atoms with E-state index in [1.54, 1.807) is 12.4 Å². The predicted molar refractivity (Wildman–Crippen MR) is 64.1 cm³/mol. The van der Waals surface area contributed by atoms with Crippen LogP contribution in [0.3, 0.4) is 0 Å². The molecule has 1 fully saturated rings. The van der Waals surface area contributed by atoms with E-state index in [1.165, 1.54) is 0 Å². The lowest BCUT2D eigenvalue weighted by molar-refractivity contribution is -0.122. The van der Waals surface area contributed by atoms with Gasteiger partial charge in [0.2, 0.25) is 5.91 Å². The van der Waals surface area contributed by atoms with Crippen LogP contribution in [0.25, 0.3) is 0 Å². The third-order valence-electron chi connectivity index (χ3n) is 3.12. The fraction of sp³-hybridized carbons (Fsp3) is 0.545. The minimum Gasteiger partial charge on any atom is -0.369 e. The van der Waals surface area contributed by atoms with Gasteiger partial charge in [0.1, 0.15) is 5.82 Å². The smallest absolute Gasteiger partial charge is 0.220 e. The van der Waals surface area contributed by atoms with Gasteiger partial charge in [0, 0.05) is 25.6 Å². The van der Waals surface area contributed by atoms with Crippen LogP contribution in [-0.2, 0) is 11.3 Å². The van der Waals surface area contributed by atoms with Gasteiger partial charge in [-0.05, 0) is 12.8 Å². The number of rotatable bonds is 3. The monoisotopic (exact) mass is 235 g/mol. The molecular formula is C11H17N5O. The van der Waals surface area contributed by atoms with Gasteiger partial charge in [-0.25, -0.2) is 4.98 Å². The Labute approximate surface area is 100 Å². The molecule has 4 N–H and O–H groups in total. The predicted octanol–water partition coefficient (Wildman–Crippen LogP) is -0.363. The highest BCUT2D eigenvalue weighted by molar-refractivity contribution is 5.76. The molecule has 17 heavy (non-hydrogen) atoms. The van der Waals surface area contributed by atoms with E-state index in [4.69, 9.17) is 11.5 Å². The molecule has 1 aliphatic heterocycles. The lowest BCUT2D eigenvalue weighted by atomic mass is 9.96. The van der Waals surface area contributed by atoms with E-state index in [2.05, 4.69) is 14.9 Å². The van der Waals surface area contributed by atoms with E-state index in [0.29, 0.717) is 6.54 Å². The molecule has 92 valence electrons. The fourth-order valence-corrected chi connectivity index (χ4v) is 2.01. The zero-order chi connectivity index (χ0) is 12.3. The van der Waals surface area contributed by atoms with E-state index < -0.39 is 0 Å². The molecule has 0 radical (unpaired) electrons. The first-order valence-corrected chi connectivity index (χ1v) is 5.76. The number of nitrogens with zero attached hydrogens (tertiary/aromatic N) is 3. The Bertz CT molecular complexity index is 383. The summed E-state index contributed by atoms with van der Waals surface area (Å²) in [4.78, 5) is 21.7. The maximum Gasteiger partial charge on any atom is 0.220 e. The summed E-state index contributed by atoms with van der Waals surface area (Å²) in [7, 11) is 0. The Balaban J connectivity index is 1.97. The average Bonchev–Trinajstić information content (AvgIpc) is 2.39. The normalized spacial score (nSPS) is 17.1. The van der Waals surface area contributed by atoms with Gasteiger partial charge in [0.15, 0.2) is 0 Å². The molecule has 0 saturated carbocycles. The standard InChI is InChI=1S/C11H17N5O/c12-5-9-6-15-10(7-14-9)16-3-1-8(2-4-16)11(13)17/h6-8H,1-5,12H2,(H2,13,17). The number of nitrogens with two attached hydrogens (primary N) is 2. The van der Waals surface area contributed by atoms with Crippen molar-refractivity contribution in [1.29, 1.82) is 0 Å². The summed E-state index contributed by atoms with van der Waals surface area (Å²) in [5.74, 6) is 0.641. The van der Waals surface area contributed by atoms with Crippen molar-refractivity contribution in [3.05, 3.63) is 18.1 Å². The maximum absolute atomic E-state index is 11.0. The first-order valence-electron chi connectivity index (χ1n) is 5.76. The minimum absolute atomic E-state index is 0.00234. The van der Waals surface area contributed by atoms with Crippen molar-refractivity contribution in [2.24, 2.45) is 17.4 Å². The second-order valence-corrected chi connectivity index (χ2v) is 4.23. The zero-order valence-corrected chi connectivity index (χ0v) is 9.67. The highest BCUT2D eigenvalue weighted by atomic mass is 16.1. The molecule has 1 saturated heterocycles. The Morgan fingerprint density at radius 1 is 1.35 bits per heavy atom. The number of aromatic nitrogens is 2. The first-order chi connectivity index (χ1) is 8.20. The highest BCUT2D eigenvalue weighted by Crippen LogP contribution is 2.20. The van der Waals surface area contributed by atoms with E-state index >= 15 is 0 Å². The molecule has 2 heterocycles. The highest BCUT2D eigenvalue weighted by Gasteiger charge is 2.23. The SMILES string of the molecule is NCc1cnc(N2CCC(C(N)=O)CC2)cn1. The number of hydrogen-bond donors (Lipinski definition) is 2. The number of anilines is 1. The summed E-state index contributed by atoms with van der Waals surface area (Å²) in [6.07, 6.45) is 4.99. The van der Waals surface area contributed by atoms with E-state index in [1.807, 2.05) is 0 Å². The van der Waals surface area contributed by atoms with Crippen molar-refractivity contribution in [2.45, 2.75) is 19.4 Å². The van der Waals surface area contributed by atoms with E-state index in [0.717, 1.165) is 37.4 Å². The first kappa shape index (κ1) is 11.8. The summed E-state index contributed by atoms with van der Waals surface area (Å²) in [5.41, 5.74) is 11.5. The molecule has 6 nitrogen and oxygen atoms in total. The molecule has 0 aromatic carbocycles. The van der Waals surface area contributed by atoms with Crippen molar-refractivity contribution in [2.75, 3.05) is 18.0 Å². The van der Waals surface area contributed by atoms with Crippen LogP contribution in [0, 0.1) is 5.92 Å². The lowest BCUT2D eigenvalue weighted by Crippen LogP contribution is -2.39. The van der Waals surface area contributed by atoms with Gasteiger partial charge in [-0.2, -0.15) is 0 Å². The van der Waals surface area contributed by atoms with Crippen molar-refractivity contribution >= 4 is 11.7 Å². The second-order valence-electron chi connectivity index (χ2n) is 4.23.